The molecule has 0 aliphatic rings. The molecular formula is CH6O4P2. The quantitative estimate of drug-likeness (QED) is 0.261. The second kappa shape index (κ2) is 6.70. The molecule has 44 valence electrons. The Labute approximate surface area is 44.6 Å². The van der Waals surface area contributed by atoms with E-state index in [0.29, 0.717) is 0 Å². The Bertz CT molecular complexity index is 28.9. The van der Waals surface area contributed by atoms with Crippen LogP contribution in [0.1, 0.15) is 0 Å². The molecule has 0 saturated carbocycles. The average molecular weight is 144 g/mol. The normalized spacial score (nSPS) is 12.9. The van der Waals surface area contributed by atoms with Crippen LogP contribution in [-0.2, 0) is 9.20 Å². The zero-order valence-corrected chi connectivity index (χ0v) is 5.42. The van der Waals surface area contributed by atoms with Crippen LogP contribution in [0.5, 0.6) is 0 Å². The molecular weight excluding hydrogens is 138 g/mol. The molecule has 4 nitrogen and oxygen atoms in total. The predicted molar refractivity (Wildman–Crippen MR) is 28.5 cm³/mol. The highest BCUT2D eigenvalue weighted by atomic mass is 31.1. The Kier molecular flexibility index (Phi) is 7.37. The lowest BCUT2D eigenvalue weighted by molar-refractivity contribution is -0.124. The second-order valence-corrected chi connectivity index (χ2v) is 1.85. The van der Waals surface area contributed by atoms with Crippen LogP contribution in [0, 0.1) is 0 Å². The van der Waals surface area contributed by atoms with Crippen LogP contribution in [0.3, 0.4) is 0 Å². The third-order valence-electron chi connectivity index (χ3n) is 0.260. The van der Waals surface area contributed by atoms with Crippen molar-refractivity contribution in [1.29, 1.82) is 0 Å². The van der Waals surface area contributed by atoms with Crippen LogP contribution >= 0.6 is 17.8 Å². The molecule has 2 N–H and O–H groups in total. The molecule has 0 bridgehead atoms. The van der Waals surface area contributed by atoms with Gasteiger partial charge in [0.2, 0.25) is 0 Å². The first-order valence-electron chi connectivity index (χ1n) is 1.46. The minimum absolute atomic E-state index is 0.0980. The fourth-order valence-corrected chi connectivity index (χ4v) is 0.635. The van der Waals surface area contributed by atoms with Gasteiger partial charge in [-0.25, -0.2) is 9.93 Å². The van der Waals surface area contributed by atoms with E-state index in [4.69, 9.17) is 10.2 Å². The molecule has 0 spiro atoms. The summed E-state index contributed by atoms with van der Waals surface area (Å²) >= 11 is 0. The summed E-state index contributed by atoms with van der Waals surface area (Å²) in [7, 11) is -0.615. The lowest BCUT2D eigenvalue weighted by Gasteiger charge is -1.92. The van der Waals surface area contributed by atoms with Gasteiger partial charge in [0.05, 0.1) is 15.2 Å². The van der Waals surface area contributed by atoms with Crippen molar-refractivity contribution in [2.75, 3.05) is 6.35 Å². The molecule has 2 atom stereocenters. The van der Waals surface area contributed by atoms with Crippen molar-refractivity contribution in [2.24, 2.45) is 0 Å². The fourth-order valence-electron chi connectivity index (χ4n) is 0.0881. The van der Waals surface area contributed by atoms with Crippen LogP contribution in [0.4, 0.5) is 0 Å². The molecule has 0 aromatic rings. The highest BCUT2D eigenvalue weighted by Gasteiger charge is 1.81. The van der Waals surface area contributed by atoms with Crippen LogP contribution in [0.15, 0.2) is 0 Å². The van der Waals surface area contributed by atoms with E-state index in [1.807, 2.05) is 0 Å². The number of hydrogen-bond donors (Lipinski definition) is 2. The molecule has 0 rings (SSSR count). The zero-order chi connectivity index (χ0) is 5.54. The first-order valence-corrected chi connectivity index (χ1v) is 3.43. The lowest BCUT2D eigenvalue weighted by Crippen LogP contribution is -1.73. The van der Waals surface area contributed by atoms with Gasteiger partial charge in [0.1, 0.15) is 0 Å². The smallest absolute Gasteiger partial charge is 0.152 e. The molecule has 7 heavy (non-hydrogen) atoms. The highest BCUT2D eigenvalue weighted by Crippen LogP contribution is 2.14. The Morgan fingerprint density at radius 2 is 2.29 bits per heavy atom. The topological polar surface area (TPSA) is 58.9 Å². The molecule has 6 heteroatoms. The summed E-state index contributed by atoms with van der Waals surface area (Å²) < 4.78 is 8.02. The predicted octanol–water partition coefficient (Wildman–Crippen LogP) is 0.544. The van der Waals surface area contributed by atoms with E-state index < -0.39 is 9.03 Å². The van der Waals surface area contributed by atoms with Crippen molar-refractivity contribution >= 4 is 17.8 Å². The zero-order valence-electron chi connectivity index (χ0n) is 3.42. The standard InChI is InChI=1S/CH6O4P2/c2-5-6-1-4-7-3/h2-3,6-7H,1H2. The maximum atomic E-state index is 7.97. The van der Waals surface area contributed by atoms with Crippen LogP contribution in [0.2, 0.25) is 0 Å². The van der Waals surface area contributed by atoms with Gasteiger partial charge < -0.3 is 9.42 Å². The maximum Gasteiger partial charge on any atom is 0.152 e. The summed E-state index contributed by atoms with van der Waals surface area (Å²) in [5.74, 6) is 0. The van der Waals surface area contributed by atoms with Crippen molar-refractivity contribution in [1.82, 2.24) is 0 Å². The number of rotatable bonds is 4. The largest absolute Gasteiger partial charge is 0.352 e. The van der Waals surface area contributed by atoms with Crippen molar-refractivity contribution in [3.8, 4) is 0 Å². The van der Waals surface area contributed by atoms with Crippen molar-refractivity contribution in [3.63, 3.8) is 0 Å². The SMILES string of the molecule is OOPCOPO. The number of hydrogen-bond acceptors (Lipinski definition) is 4. The summed E-state index contributed by atoms with van der Waals surface area (Å²) in [5, 5.41) is 7.65. The van der Waals surface area contributed by atoms with Crippen molar-refractivity contribution in [2.45, 2.75) is 0 Å². The van der Waals surface area contributed by atoms with Gasteiger partial charge in [-0.15, -0.1) is 0 Å². The summed E-state index contributed by atoms with van der Waals surface area (Å²) in [5.41, 5.74) is 0. The Morgan fingerprint density at radius 3 is 2.71 bits per heavy atom. The summed E-state index contributed by atoms with van der Waals surface area (Å²) in [6.45, 7) is 0. The third-order valence-corrected chi connectivity index (χ3v) is 1.21. The van der Waals surface area contributed by atoms with Crippen LogP contribution in [0.25, 0.3) is 0 Å². The van der Waals surface area contributed by atoms with E-state index in [0.717, 1.165) is 0 Å². The minimum atomic E-state index is -0.517. The van der Waals surface area contributed by atoms with Gasteiger partial charge in [-0.3, -0.25) is 0 Å². The summed E-state index contributed by atoms with van der Waals surface area (Å²) in [6.07, 6.45) is 0.255. The van der Waals surface area contributed by atoms with E-state index in [1.54, 1.807) is 0 Å². The summed E-state index contributed by atoms with van der Waals surface area (Å²) in [4.78, 5) is 7.97. The van der Waals surface area contributed by atoms with E-state index in [2.05, 4.69) is 9.20 Å². The van der Waals surface area contributed by atoms with E-state index in [1.165, 1.54) is 0 Å². The third kappa shape index (κ3) is 6.70. The molecule has 2 unspecified atom stereocenters. The first kappa shape index (κ1) is 7.70. The fraction of sp³-hybridized carbons (Fsp3) is 1.00. The lowest BCUT2D eigenvalue weighted by atomic mass is 11.7. The molecule has 0 aliphatic heterocycles. The van der Waals surface area contributed by atoms with Gasteiger partial charge in [0, 0.05) is 0 Å². The average Bonchev–Trinajstić information content (AvgIpc) is 1.69. The van der Waals surface area contributed by atoms with Crippen LogP contribution < -0.4 is 0 Å². The van der Waals surface area contributed by atoms with Gasteiger partial charge >= 0.3 is 0 Å². The second-order valence-electron chi connectivity index (χ2n) is 0.616. The maximum absolute atomic E-state index is 7.97. The van der Waals surface area contributed by atoms with E-state index in [9.17, 15) is 0 Å². The van der Waals surface area contributed by atoms with Gasteiger partial charge in [0.15, 0.2) is 9.03 Å². The molecule has 0 amide bonds. The van der Waals surface area contributed by atoms with Crippen molar-refractivity contribution < 1.29 is 19.3 Å². The van der Waals surface area contributed by atoms with Gasteiger partial charge in [-0.1, -0.05) is 0 Å². The van der Waals surface area contributed by atoms with Gasteiger partial charge in [-0.05, 0) is 0 Å². The Morgan fingerprint density at radius 1 is 1.57 bits per heavy atom. The Balaban J connectivity index is 2.45. The molecule has 0 heterocycles. The first-order chi connectivity index (χ1) is 3.41. The summed E-state index contributed by atoms with van der Waals surface area (Å²) in [6, 6.07) is 0. The van der Waals surface area contributed by atoms with E-state index >= 15 is 0 Å². The molecule has 0 aromatic carbocycles. The van der Waals surface area contributed by atoms with Crippen LogP contribution in [-0.4, -0.2) is 16.5 Å². The van der Waals surface area contributed by atoms with Gasteiger partial charge in [0.25, 0.3) is 0 Å². The minimum Gasteiger partial charge on any atom is -0.352 e. The highest BCUT2D eigenvalue weighted by molar-refractivity contribution is 7.33. The van der Waals surface area contributed by atoms with Crippen molar-refractivity contribution in [3.05, 3.63) is 0 Å². The molecule has 0 fully saturated rings. The molecule has 0 aromatic heterocycles. The Hall–Kier alpha value is 0.700. The molecule has 0 radical (unpaired) electrons. The van der Waals surface area contributed by atoms with E-state index in [-0.39, 0.29) is 15.2 Å². The monoisotopic (exact) mass is 144 g/mol. The molecule has 0 aliphatic carbocycles. The van der Waals surface area contributed by atoms with Gasteiger partial charge in [-0.2, -0.15) is 0 Å². The molecule has 0 saturated heterocycles.